The van der Waals surface area contributed by atoms with E-state index < -0.39 is 0 Å². The Bertz CT molecular complexity index is 322. The van der Waals surface area contributed by atoms with Crippen molar-refractivity contribution < 1.29 is 4.74 Å². The third kappa shape index (κ3) is 4.89. The fraction of sp³-hybridized carbons (Fsp3) is 0.667. The molecule has 17 heavy (non-hydrogen) atoms. The highest BCUT2D eigenvalue weighted by atomic mass is 79.9. The summed E-state index contributed by atoms with van der Waals surface area (Å²) in [6.45, 7) is 6.74. The zero-order valence-electron chi connectivity index (χ0n) is 10.5. The molecule has 0 unspecified atom stereocenters. The minimum atomic E-state index is 0.629. The molecule has 96 valence electrons. The third-order valence-corrected chi connectivity index (χ3v) is 2.73. The van der Waals surface area contributed by atoms with Crippen molar-refractivity contribution in [3.8, 4) is 5.88 Å². The molecular formula is C12H20BrN3O. The van der Waals surface area contributed by atoms with Gasteiger partial charge in [0.15, 0.2) is 0 Å². The van der Waals surface area contributed by atoms with Gasteiger partial charge in [0.2, 0.25) is 5.88 Å². The lowest BCUT2D eigenvalue weighted by atomic mass is 10.3. The maximum atomic E-state index is 5.39. The van der Waals surface area contributed by atoms with Gasteiger partial charge >= 0.3 is 0 Å². The number of hydrogen-bond acceptors (Lipinski definition) is 4. The smallest absolute Gasteiger partial charge is 0.218 e. The van der Waals surface area contributed by atoms with E-state index in [1.807, 2.05) is 13.0 Å². The van der Waals surface area contributed by atoms with Crippen molar-refractivity contribution in [2.24, 2.45) is 0 Å². The zero-order valence-corrected chi connectivity index (χ0v) is 12.1. The molecule has 0 radical (unpaired) electrons. The highest BCUT2D eigenvalue weighted by molar-refractivity contribution is 9.09. The van der Waals surface area contributed by atoms with Crippen LogP contribution < -0.4 is 9.64 Å². The lowest BCUT2D eigenvalue weighted by Crippen LogP contribution is -2.27. The first-order valence-electron chi connectivity index (χ1n) is 6.07. The van der Waals surface area contributed by atoms with Crippen LogP contribution in [-0.4, -0.2) is 35.0 Å². The SMILES string of the molecule is CCCCN(CCBr)c1cc(OCC)ncn1. The molecule has 0 saturated carbocycles. The second-order valence-electron chi connectivity index (χ2n) is 3.68. The number of anilines is 1. The lowest BCUT2D eigenvalue weighted by molar-refractivity contribution is 0.326. The summed E-state index contributed by atoms with van der Waals surface area (Å²) in [5.74, 6) is 1.59. The van der Waals surface area contributed by atoms with Crippen molar-refractivity contribution in [2.45, 2.75) is 26.7 Å². The summed E-state index contributed by atoms with van der Waals surface area (Å²) in [7, 11) is 0. The standard InChI is InChI=1S/C12H20BrN3O/c1-3-5-7-16(8-6-13)11-9-12(17-4-2)15-10-14-11/h9-10H,3-8H2,1-2H3. The highest BCUT2D eigenvalue weighted by Crippen LogP contribution is 2.16. The van der Waals surface area contributed by atoms with Crippen LogP contribution in [0.3, 0.4) is 0 Å². The van der Waals surface area contributed by atoms with Gasteiger partial charge in [-0.05, 0) is 13.3 Å². The number of hydrogen-bond donors (Lipinski definition) is 0. The topological polar surface area (TPSA) is 38.2 Å². The molecule has 0 fully saturated rings. The van der Waals surface area contributed by atoms with Crippen LogP contribution in [0.15, 0.2) is 12.4 Å². The van der Waals surface area contributed by atoms with Gasteiger partial charge in [-0.1, -0.05) is 29.3 Å². The van der Waals surface area contributed by atoms with Crippen LogP contribution in [0.5, 0.6) is 5.88 Å². The monoisotopic (exact) mass is 301 g/mol. The molecule has 0 spiro atoms. The Labute approximate surface area is 112 Å². The summed E-state index contributed by atoms with van der Waals surface area (Å²) in [6, 6.07) is 1.90. The van der Waals surface area contributed by atoms with E-state index in [4.69, 9.17) is 4.74 Å². The van der Waals surface area contributed by atoms with Gasteiger partial charge < -0.3 is 9.64 Å². The summed E-state index contributed by atoms with van der Waals surface area (Å²) >= 11 is 3.47. The Morgan fingerprint density at radius 2 is 2.12 bits per heavy atom. The minimum absolute atomic E-state index is 0.629. The van der Waals surface area contributed by atoms with E-state index in [2.05, 4.69) is 37.7 Å². The van der Waals surface area contributed by atoms with Crippen molar-refractivity contribution in [1.29, 1.82) is 0 Å². The molecule has 1 heterocycles. The minimum Gasteiger partial charge on any atom is -0.478 e. The van der Waals surface area contributed by atoms with E-state index in [0.717, 1.165) is 24.2 Å². The molecule has 0 aliphatic heterocycles. The Morgan fingerprint density at radius 1 is 1.29 bits per heavy atom. The predicted octanol–water partition coefficient (Wildman–Crippen LogP) is 2.88. The van der Waals surface area contributed by atoms with Crippen molar-refractivity contribution in [1.82, 2.24) is 9.97 Å². The molecule has 1 aromatic heterocycles. The van der Waals surface area contributed by atoms with Crippen LogP contribution in [-0.2, 0) is 0 Å². The molecule has 0 bridgehead atoms. The highest BCUT2D eigenvalue weighted by Gasteiger charge is 2.08. The maximum Gasteiger partial charge on any atom is 0.218 e. The normalized spacial score (nSPS) is 10.3. The van der Waals surface area contributed by atoms with Gasteiger partial charge in [0.05, 0.1) is 6.61 Å². The molecule has 0 aromatic carbocycles. The number of rotatable bonds is 8. The number of aromatic nitrogens is 2. The van der Waals surface area contributed by atoms with Crippen LogP contribution in [0.2, 0.25) is 0 Å². The Kier molecular flexibility index (Phi) is 6.93. The van der Waals surface area contributed by atoms with Gasteiger partial charge in [-0.15, -0.1) is 0 Å². The van der Waals surface area contributed by atoms with Crippen LogP contribution >= 0.6 is 15.9 Å². The fourth-order valence-corrected chi connectivity index (χ4v) is 1.95. The van der Waals surface area contributed by atoms with Crippen molar-refractivity contribution in [3.05, 3.63) is 12.4 Å². The average Bonchev–Trinajstić information content (AvgIpc) is 2.35. The second-order valence-corrected chi connectivity index (χ2v) is 4.47. The van der Waals surface area contributed by atoms with Gasteiger partial charge in [0, 0.05) is 24.5 Å². The molecule has 0 N–H and O–H groups in total. The van der Waals surface area contributed by atoms with Gasteiger partial charge in [0.1, 0.15) is 12.1 Å². The quantitative estimate of drug-likeness (QED) is 0.692. The van der Waals surface area contributed by atoms with E-state index in [0.29, 0.717) is 12.5 Å². The number of alkyl halides is 1. The van der Waals surface area contributed by atoms with E-state index in [9.17, 15) is 0 Å². The van der Waals surface area contributed by atoms with Gasteiger partial charge in [-0.3, -0.25) is 0 Å². The number of nitrogens with zero attached hydrogens (tertiary/aromatic N) is 3. The van der Waals surface area contributed by atoms with E-state index >= 15 is 0 Å². The average molecular weight is 302 g/mol. The number of halogens is 1. The molecule has 0 aliphatic rings. The Hall–Kier alpha value is -0.840. The molecule has 1 aromatic rings. The van der Waals surface area contributed by atoms with Crippen molar-refractivity contribution >= 4 is 21.7 Å². The summed E-state index contributed by atoms with van der Waals surface area (Å²) in [5.41, 5.74) is 0. The van der Waals surface area contributed by atoms with Crippen molar-refractivity contribution in [2.75, 3.05) is 29.9 Å². The van der Waals surface area contributed by atoms with E-state index in [1.54, 1.807) is 6.33 Å². The van der Waals surface area contributed by atoms with Gasteiger partial charge in [-0.2, -0.15) is 0 Å². The number of ether oxygens (including phenoxy) is 1. The summed E-state index contributed by atoms with van der Waals surface area (Å²) in [5, 5.41) is 0.935. The largest absolute Gasteiger partial charge is 0.478 e. The van der Waals surface area contributed by atoms with E-state index in [1.165, 1.54) is 12.8 Å². The van der Waals surface area contributed by atoms with Crippen LogP contribution in [0.25, 0.3) is 0 Å². The van der Waals surface area contributed by atoms with E-state index in [-0.39, 0.29) is 0 Å². The third-order valence-electron chi connectivity index (χ3n) is 2.38. The van der Waals surface area contributed by atoms with Crippen LogP contribution in [0.1, 0.15) is 26.7 Å². The lowest BCUT2D eigenvalue weighted by Gasteiger charge is -2.22. The van der Waals surface area contributed by atoms with Crippen LogP contribution in [0.4, 0.5) is 5.82 Å². The first-order valence-corrected chi connectivity index (χ1v) is 7.19. The molecule has 0 atom stereocenters. The fourth-order valence-electron chi connectivity index (χ4n) is 1.52. The Morgan fingerprint density at radius 3 is 2.76 bits per heavy atom. The molecule has 0 aliphatic carbocycles. The first-order chi connectivity index (χ1) is 8.31. The molecule has 0 saturated heterocycles. The predicted molar refractivity (Wildman–Crippen MR) is 74.1 cm³/mol. The first kappa shape index (κ1) is 14.2. The molecule has 0 amide bonds. The zero-order chi connectivity index (χ0) is 12.5. The molecule has 5 heteroatoms. The number of unbranched alkanes of at least 4 members (excludes halogenated alkanes) is 1. The second kappa shape index (κ2) is 8.28. The Balaban J connectivity index is 2.73. The van der Waals surface area contributed by atoms with Crippen LogP contribution in [0, 0.1) is 0 Å². The summed E-state index contributed by atoms with van der Waals surface area (Å²) in [6.07, 6.45) is 3.91. The van der Waals surface area contributed by atoms with Crippen molar-refractivity contribution in [3.63, 3.8) is 0 Å². The maximum absolute atomic E-state index is 5.39. The summed E-state index contributed by atoms with van der Waals surface area (Å²) in [4.78, 5) is 10.6. The van der Waals surface area contributed by atoms with Gasteiger partial charge in [-0.25, -0.2) is 9.97 Å². The molecular weight excluding hydrogens is 282 g/mol. The summed E-state index contributed by atoms with van der Waals surface area (Å²) < 4.78 is 5.39. The molecule has 4 nitrogen and oxygen atoms in total. The van der Waals surface area contributed by atoms with Gasteiger partial charge in [0.25, 0.3) is 0 Å². The molecule has 1 rings (SSSR count).